The summed E-state index contributed by atoms with van der Waals surface area (Å²) in [5.74, 6) is 0.632. The molecule has 0 spiro atoms. The molecule has 2 aromatic carbocycles. The van der Waals surface area contributed by atoms with E-state index in [-0.39, 0.29) is 12.2 Å². The van der Waals surface area contributed by atoms with Crippen LogP contribution >= 0.6 is 34.5 Å². The molecule has 3 aromatic heterocycles. The largest absolute Gasteiger partial charge is 0.464 e. The number of aromatic nitrogens is 2. The van der Waals surface area contributed by atoms with Gasteiger partial charge in [-0.15, -0.1) is 0 Å². The Hall–Kier alpha value is -3.85. The van der Waals surface area contributed by atoms with Crippen LogP contribution in [0.3, 0.4) is 0 Å². The van der Waals surface area contributed by atoms with E-state index in [2.05, 4.69) is 9.56 Å². The Kier molecular flexibility index (Phi) is 7.23. The Morgan fingerprint density at radius 2 is 1.93 bits per heavy atom. The normalized spacial score (nSPS) is 15.3. The fraction of sp³-hybridized carbons (Fsp3) is 0.194. The second kappa shape index (κ2) is 10.9. The number of esters is 1. The summed E-state index contributed by atoms with van der Waals surface area (Å²) < 4.78 is 15.4. The van der Waals surface area contributed by atoms with Crippen molar-refractivity contribution in [3.05, 3.63) is 124 Å². The Morgan fingerprint density at radius 3 is 2.66 bits per heavy atom. The number of aryl methyl sites for hydroxylation is 1. The average molecular weight is 607 g/mol. The van der Waals surface area contributed by atoms with Crippen LogP contribution in [0.5, 0.6) is 0 Å². The smallest absolute Gasteiger partial charge is 0.338 e. The third kappa shape index (κ3) is 4.96. The lowest BCUT2D eigenvalue weighted by molar-refractivity contribution is -0.139. The second-order valence-corrected chi connectivity index (χ2v) is 11.6. The maximum Gasteiger partial charge on any atom is 0.338 e. The molecule has 1 aliphatic rings. The summed E-state index contributed by atoms with van der Waals surface area (Å²) in [6, 6.07) is 16.4. The zero-order chi connectivity index (χ0) is 28.8. The summed E-state index contributed by atoms with van der Waals surface area (Å²) in [6.45, 7) is 6.10. The van der Waals surface area contributed by atoms with Gasteiger partial charge >= 0.3 is 5.97 Å². The van der Waals surface area contributed by atoms with Crippen molar-refractivity contribution in [3.8, 4) is 0 Å². The number of para-hydroxylation sites is 1. The average Bonchev–Trinajstić information content (AvgIpc) is 3.61. The molecule has 0 radical (unpaired) electrons. The lowest BCUT2D eigenvalue weighted by atomic mass is 10.0. The highest BCUT2D eigenvalue weighted by molar-refractivity contribution is 7.07. The van der Waals surface area contributed by atoms with Crippen LogP contribution in [0.1, 0.15) is 42.5 Å². The summed E-state index contributed by atoms with van der Waals surface area (Å²) in [7, 11) is 0. The first-order valence-electron chi connectivity index (χ1n) is 13.0. The van der Waals surface area contributed by atoms with Gasteiger partial charge < -0.3 is 13.7 Å². The molecule has 1 aliphatic heterocycles. The van der Waals surface area contributed by atoms with Gasteiger partial charge in [0.05, 0.1) is 32.5 Å². The molecule has 5 aromatic rings. The third-order valence-electron chi connectivity index (χ3n) is 6.99. The predicted molar refractivity (Wildman–Crippen MR) is 161 cm³/mol. The van der Waals surface area contributed by atoms with Crippen molar-refractivity contribution < 1.29 is 13.9 Å². The minimum absolute atomic E-state index is 0.205. The van der Waals surface area contributed by atoms with Gasteiger partial charge in [0.2, 0.25) is 0 Å². The highest BCUT2D eigenvalue weighted by Gasteiger charge is 2.35. The van der Waals surface area contributed by atoms with Crippen LogP contribution in [-0.2, 0) is 16.1 Å². The van der Waals surface area contributed by atoms with Crippen LogP contribution < -0.4 is 14.9 Å². The summed E-state index contributed by atoms with van der Waals surface area (Å²) >= 11 is 13.7. The summed E-state index contributed by atoms with van der Waals surface area (Å²) in [5, 5.41) is 2.01. The number of carbonyl (C=O) groups excluding carboxylic acids is 1. The van der Waals surface area contributed by atoms with Crippen LogP contribution in [0.4, 0.5) is 0 Å². The van der Waals surface area contributed by atoms with Crippen LogP contribution in [-0.4, -0.2) is 21.7 Å². The molecule has 0 aliphatic carbocycles. The third-order valence-corrected chi connectivity index (χ3v) is 8.71. The molecule has 10 heteroatoms. The number of benzene rings is 2. The van der Waals surface area contributed by atoms with Gasteiger partial charge in [-0.3, -0.25) is 9.36 Å². The van der Waals surface area contributed by atoms with Crippen molar-refractivity contribution in [1.82, 2.24) is 9.13 Å². The number of allylic oxidation sites excluding steroid dienone is 1. The topological polar surface area (TPSA) is 78.7 Å². The van der Waals surface area contributed by atoms with E-state index in [1.54, 1.807) is 26.0 Å². The maximum absolute atomic E-state index is 14.0. The predicted octanol–water partition coefficient (Wildman–Crippen LogP) is 6.01. The Labute approximate surface area is 249 Å². The van der Waals surface area contributed by atoms with Crippen molar-refractivity contribution in [1.29, 1.82) is 0 Å². The van der Waals surface area contributed by atoms with E-state index in [0.29, 0.717) is 48.7 Å². The van der Waals surface area contributed by atoms with Crippen LogP contribution in [0.25, 0.3) is 17.0 Å². The molecule has 0 saturated heterocycles. The summed E-state index contributed by atoms with van der Waals surface area (Å²) in [4.78, 5) is 32.1. The van der Waals surface area contributed by atoms with Gasteiger partial charge in [0.25, 0.3) is 5.56 Å². The first kappa shape index (κ1) is 27.3. The van der Waals surface area contributed by atoms with Crippen LogP contribution in [0, 0.1) is 6.92 Å². The van der Waals surface area contributed by atoms with Gasteiger partial charge in [-0.1, -0.05) is 58.8 Å². The second-order valence-electron chi connectivity index (χ2n) is 9.73. The number of hydrogen-bond donors (Lipinski definition) is 0. The number of furan rings is 1. The lowest BCUT2D eigenvalue weighted by Crippen LogP contribution is -2.39. The van der Waals surface area contributed by atoms with Crippen molar-refractivity contribution in [2.45, 2.75) is 33.4 Å². The number of halogens is 2. The van der Waals surface area contributed by atoms with Crippen LogP contribution in [0.15, 0.2) is 86.3 Å². The molecule has 0 unspecified atom stereocenters. The Bertz CT molecular complexity index is 2050. The van der Waals surface area contributed by atoms with Gasteiger partial charge in [0, 0.05) is 29.2 Å². The van der Waals surface area contributed by atoms with Crippen LogP contribution in [0.2, 0.25) is 10.0 Å². The molecule has 41 heavy (non-hydrogen) atoms. The monoisotopic (exact) mass is 605 g/mol. The minimum atomic E-state index is -0.780. The first-order valence-corrected chi connectivity index (χ1v) is 14.6. The molecule has 0 amide bonds. The van der Waals surface area contributed by atoms with E-state index >= 15 is 0 Å². The lowest BCUT2D eigenvalue weighted by Gasteiger charge is -2.22. The molecule has 0 saturated carbocycles. The zero-order valence-corrected chi connectivity index (χ0v) is 24.8. The number of rotatable bonds is 6. The number of thiazole rings is 1. The van der Waals surface area contributed by atoms with E-state index in [4.69, 9.17) is 32.4 Å². The molecule has 0 fully saturated rings. The van der Waals surface area contributed by atoms with Crippen molar-refractivity contribution >= 4 is 57.5 Å². The van der Waals surface area contributed by atoms with Gasteiger partial charge in [-0.05, 0) is 62.7 Å². The molecule has 208 valence electrons. The molecular formula is C31H25Cl2N3O4S. The van der Waals surface area contributed by atoms with Gasteiger partial charge in [-0.25, -0.2) is 9.79 Å². The van der Waals surface area contributed by atoms with E-state index in [1.807, 2.05) is 61.7 Å². The quantitative estimate of drug-likeness (QED) is 0.222. The first-order chi connectivity index (χ1) is 19.7. The molecule has 1 atom stereocenters. The molecule has 7 nitrogen and oxygen atoms in total. The van der Waals surface area contributed by atoms with Gasteiger partial charge in [0.15, 0.2) is 4.80 Å². The van der Waals surface area contributed by atoms with E-state index in [9.17, 15) is 9.59 Å². The molecule has 4 heterocycles. The number of fused-ring (bicyclic) bond motifs is 2. The number of hydrogen-bond acceptors (Lipinski definition) is 6. The zero-order valence-electron chi connectivity index (χ0n) is 22.5. The SMILES string of the molecule is CCOC(=O)C1=C(C)N=c2s/c(=C/c3cn(Cc4ccc(Cl)c(Cl)c4)c4ccccc34)c(=O)n2[C@@H]1c1ccc(C)o1. The van der Waals surface area contributed by atoms with E-state index in [1.165, 1.54) is 15.9 Å². The maximum atomic E-state index is 14.0. The van der Waals surface area contributed by atoms with Crippen molar-refractivity contribution in [2.24, 2.45) is 4.99 Å². The Morgan fingerprint density at radius 1 is 1.12 bits per heavy atom. The molecule has 0 bridgehead atoms. The highest BCUT2D eigenvalue weighted by Crippen LogP contribution is 2.32. The molecular weight excluding hydrogens is 581 g/mol. The van der Waals surface area contributed by atoms with E-state index in [0.717, 1.165) is 22.0 Å². The van der Waals surface area contributed by atoms with Gasteiger partial charge in [-0.2, -0.15) is 0 Å². The minimum Gasteiger partial charge on any atom is -0.464 e. The van der Waals surface area contributed by atoms with Crippen molar-refractivity contribution in [3.63, 3.8) is 0 Å². The number of nitrogens with zero attached hydrogens (tertiary/aromatic N) is 3. The Balaban J connectivity index is 1.50. The number of carbonyl (C=O) groups is 1. The molecule has 0 N–H and O–H groups in total. The van der Waals surface area contributed by atoms with Gasteiger partial charge in [0.1, 0.15) is 17.6 Å². The summed E-state index contributed by atoms with van der Waals surface area (Å²) in [5.41, 5.74) is 3.43. The van der Waals surface area contributed by atoms with E-state index < -0.39 is 12.0 Å². The fourth-order valence-electron chi connectivity index (χ4n) is 5.16. The summed E-state index contributed by atoms with van der Waals surface area (Å²) in [6.07, 6.45) is 3.90. The van der Waals surface area contributed by atoms with Crippen molar-refractivity contribution in [2.75, 3.05) is 6.61 Å². The molecule has 6 rings (SSSR count). The number of ether oxygens (including phenoxy) is 1. The fourth-order valence-corrected chi connectivity index (χ4v) is 6.52. The highest BCUT2D eigenvalue weighted by atomic mass is 35.5. The standard InChI is InChI=1S/C31H25Cl2N3O4S/c1-4-39-30(38)27-18(3)34-31-36(28(27)25-12-9-17(2)40-25)29(37)26(41-31)14-20-16-35(24-8-6-5-7-21(20)24)15-19-10-11-22(32)23(33)13-19/h5-14,16,28H,4,15H2,1-3H3/b26-14+/t28-/m1/s1.